The molecule has 1 rings (SSSR count). The van der Waals surface area contributed by atoms with Gasteiger partial charge in [-0.15, -0.1) is 0 Å². The molecule has 86 valence electrons. The van der Waals surface area contributed by atoms with Gasteiger partial charge in [0.15, 0.2) is 0 Å². The molecule has 2 N–H and O–H groups in total. The third-order valence-electron chi connectivity index (χ3n) is 2.02. The maximum atomic E-state index is 11.9. The van der Waals surface area contributed by atoms with E-state index in [-0.39, 0.29) is 12.6 Å². The molecule has 1 unspecified atom stereocenters. The summed E-state index contributed by atoms with van der Waals surface area (Å²) in [6.07, 6.45) is -0.817. The van der Waals surface area contributed by atoms with Crippen LogP contribution in [0.3, 0.4) is 0 Å². The van der Waals surface area contributed by atoms with Crippen LogP contribution in [0.4, 0.5) is 13.2 Å². The SMILES string of the molecule is CC(N)Cc1ccn(CCC(F)(F)F)c1. The summed E-state index contributed by atoms with van der Waals surface area (Å²) in [4.78, 5) is 0. The van der Waals surface area contributed by atoms with Gasteiger partial charge in [-0.1, -0.05) is 0 Å². The lowest BCUT2D eigenvalue weighted by Crippen LogP contribution is -2.17. The zero-order chi connectivity index (χ0) is 11.5. The van der Waals surface area contributed by atoms with Crippen LogP contribution in [0, 0.1) is 0 Å². The molecule has 0 fully saturated rings. The molecular formula is C10H15F3N2. The van der Waals surface area contributed by atoms with Crippen molar-refractivity contribution in [2.45, 2.75) is 38.5 Å². The van der Waals surface area contributed by atoms with Gasteiger partial charge in [0, 0.05) is 25.0 Å². The molecule has 1 atom stereocenters. The van der Waals surface area contributed by atoms with Gasteiger partial charge in [0.1, 0.15) is 0 Å². The summed E-state index contributed by atoms with van der Waals surface area (Å²) in [6.45, 7) is 1.84. The van der Waals surface area contributed by atoms with E-state index in [0.717, 1.165) is 5.56 Å². The van der Waals surface area contributed by atoms with Crippen LogP contribution in [-0.2, 0) is 13.0 Å². The number of halogens is 3. The van der Waals surface area contributed by atoms with Crippen molar-refractivity contribution in [2.75, 3.05) is 0 Å². The van der Waals surface area contributed by atoms with E-state index in [2.05, 4.69) is 0 Å². The molecule has 0 amide bonds. The quantitative estimate of drug-likeness (QED) is 0.829. The Bertz CT molecular complexity index is 302. The highest BCUT2D eigenvalue weighted by Gasteiger charge is 2.26. The Morgan fingerprint density at radius 3 is 2.67 bits per heavy atom. The normalized spacial score (nSPS) is 14.2. The number of hydrogen-bond acceptors (Lipinski definition) is 1. The van der Waals surface area contributed by atoms with Gasteiger partial charge in [0.25, 0.3) is 0 Å². The molecule has 5 heteroatoms. The summed E-state index contributed by atoms with van der Waals surface area (Å²) >= 11 is 0. The van der Waals surface area contributed by atoms with Crippen LogP contribution in [0.25, 0.3) is 0 Å². The van der Waals surface area contributed by atoms with Crippen molar-refractivity contribution in [1.82, 2.24) is 4.57 Å². The number of nitrogens with zero attached hydrogens (tertiary/aromatic N) is 1. The van der Waals surface area contributed by atoms with Crippen LogP contribution >= 0.6 is 0 Å². The molecular weight excluding hydrogens is 205 g/mol. The predicted molar refractivity (Wildman–Crippen MR) is 52.5 cm³/mol. The molecule has 15 heavy (non-hydrogen) atoms. The number of nitrogens with two attached hydrogens (primary N) is 1. The molecule has 0 saturated carbocycles. The molecule has 0 aliphatic carbocycles. The first-order valence-corrected chi connectivity index (χ1v) is 4.84. The van der Waals surface area contributed by atoms with Crippen molar-refractivity contribution in [2.24, 2.45) is 5.73 Å². The van der Waals surface area contributed by atoms with E-state index in [4.69, 9.17) is 5.73 Å². The second-order valence-corrected chi connectivity index (χ2v) is 3.80. The fourth-order valence-corrected chi connectivity index (χ4v) is 1.38. The highest BCUT2D eigenvalue weighted by molar-refractivity contribution is 5.11. The van der Waals surface area contributed by atoms with Crippen molar-refractivity contribution < 1.29 is 13.2 Å². The van der Waals surface area contributed by atoms with Crippen molar-refractivity contribution in [3.8, 4) is 0 Å². The van der Waals surface area contributed by atoms with Crippen LogP contribution in [0.1, 0.15) is 18.9 Å². The molecule has 0 saturated heterocycles. The topological polar surface area (TPSA) is 30.9 Å². The lowest BCUT2D eigenvalue weighted by molar-refractivity contribution is -0.136. The van der Waals surface area contributed by atoms with Gasteiger partial charge >= 0.3 is 6.18 Å². The first kappa shape index (κ1) is 12.1. The van der Waals surface area contributed by atoms with Crippen LogP contribution in [0.2, 0.25) is 0 Å². The molecule has 1 heterocycles. The average molecular weight is 220 g/mol. The molecule has 2 nitrogen and oxygen atoms in total. The summed E-state index contributed by atoms with van der Waals surface area (Å²) in [5, 5.41) is 0. The van der Waals surface area contributed by atoms with E-state index in [0.29, 0.717) is 6.42 Å². The van der Waals surface area contributed by atoms with Crippen LogP contribution in [-0.4, -0.2) is 16.8 Å². The van der Waals surface area contributed by atoms with Crippen molar-refractivity contribution in [3.05, 3.63) is 24.0 Å². The number of aromatic nitrogens is 1. The van der Waals surface area contributed by atoms with Gasteiger partial charge in [-0.3, -0.25) is 0 Å². The fourth-order valence-electron chi connectivity index (χ4n) is 1.38. The molecule has 1 aromatic rings. The first-order chi connectivity index (χ1) is 6.87. The van der Waals surface area contributed by atoms with E-state index in [1.165, 1.54) is 0 Å². The van der Waals surface area contributed by atoms with E-state index in [1.54, 1.807) is 23.0 Å². The monoisotopic (exact) mass is 220 g/mol. The Labute approximate surface area is 86.9 Å². The van der Waals surface area contributed by atoms with Gasteiger partial charge in [0.05, 0.1) is 6.42 Å². The molecule has 0 aromatic carbocycles. The van der Waals surface area contributed by atoms with Crippen LogP contribution in [0.15, 0.2) is 18.5 Å². The van der Waals surface area contributed by atoms with E-state index in [1.807, 2.05) is 6.92 Å². The summed E-state index contributed by atoms with van der Waals surface area (Å²) < 4.78 is 37.3. The van der Waals surface area contributed by atoms with Crippen molar-refractivity contribution in [3.63, 3.8) is 0 Å². The molecule has 0 aliphatic heterocycles. The Balaban J connectivity index is 2.46. The molecule has 1 aromatic heterocycles. The van der Waals surface area contributed by atoms with Gasteiger partial charge in [-0.2, -0.15) is 13.2 Å². The highest BCUT2D eigenvalue weighted by atomic mass is 19.4. The van der Waals surface area contributed by atoms with Crippen molar-refractivity contribution >= 4 is 0 Å². The standard InChI is InChI=1S/C10H15F3N2/c1-8(14)6-9-2-4-15(7-9)5-3-10(11,12)13/h2,4,7-8H,3,5-6,14H2,1H3. The van der Waals surface area contributed by atoms with Gasteiger partial charge in [-0.05, 0) is 25.0 Å². The van der Waals surface area contributed by atoms with Gasteiger partial charge < -0.3 is 10.3 Å². The van der Waals surface area contributed by atoms with Crippen LogP contribution < -0.4 is 5.73 Å². The summed E-state index contributed by atoms with van der Waals surface area (Å²) in [5.41, 5.74) is 6.57. The maximum Gasteiger partial charge on any atom is 0.390 e. The summed E-state index contributed by atoms with van der Waals surface area (Å²) in [5.74, 6) is 0. The maximum absolute atomic E-state index is 11.9. The third-order valence-corrected chi connectivity index (χ3v) is 2.02. The zero-order valence-corrected chi connectivity index (χ0v) is 8.59. The lowest BCUT2D eigenvalue weighted by Gasteiger charge is -2.06. The Hall–Kier alpha value is -0.970. The van der Waals surface area contributed by atoms with Crippen molar-refractivity contribution in [1.29, 1.82) is 0 Å². The molecule has 0 aliphatic rings. The smallest absolute Gasteiger partial charge is 0.354 e. The predicted octanol–water partition coefficient (Wildman–Crippen LogP) is 2.33. The molecule has 0 bridgehead atoms. The Morgan fingerprint density at radius 1 is 1.47 bits per heavy atom. The largest absolute Gasteiger partial charge is 0.390 e. The number of rotatable bonds is 4. The van der Waals surface area contributed by atoms with Gasteiger partial charge in [0.2, 0.25) is 0 Å². The first-order valence-electron chi connectivity index (χ1n) is 4.84. The lowest BCUT2D eigenvalue weighted by atomic mass is 10.1. The van der Waals surface area contributed by atoms with Gasteiger partial charge in [-0.25, -0.2) is 0 Å². The minimum atomic E-state index is -4.09. The third kappa shape index (κ3) is 4.88. The average Bonchev–Trinajstić information content (AvgIpc) is 2.46. The fraction of sp³-hybridized carbons (Fsp3) is 0.600. The minimum Gasteiger partial charge on any atom is -0.354 e. The number of hydrogen-bond donors (Lipinski definition) is 1. The molecule has 0 radical (unpaired) electrons. The minimum absolute atomic E-state index is 0.0253. The van der Waals surface area contributed by atoms with E-state index < -0.39 is 12.6 Å². The summed E-state index contributed by atoms with van der Waals surface area (Å²) in [7, 11) is 0. The highest BCUT2D eigenvalue weighted by Crippen LogP contribution is 2.20. The zero-order valence-electron chi connectivity index (χ0n) is 8.59. The number of alkyl halides is 3. The van der Waals surface area contributed by atoms with E-state index in [9.17, 15) is 13.2 Å². The van der Waals surface area contributed by atoms with Crippen LogP contribution in [0.5, 0.6) is 0 Å². The number of aryl methyl sites for hydroxylation is 1. The second kappa shape index (κ2) is 4.70. The Kier molecular flexibility index (Phi) is 3.79. The second-order valence-electron chi connectivity index (χ2n) is 3.80. The summed E-state index contributed by atoms with van der Waals surface area (Å²) in [6, 6.07) is 1.84. The molecule has 0 spiro atoms. The van der Waals surface area contributed by atoms with E-state index >= 15 is 0 Å². The Morgan fingerprint density at radius 2 is 2.13 bits per heavy atom.